The summed E-state index contributed by atoms with van der Waals surface area (Å²) < 4.78 is 5.40. The first-order valence-electron chi connectivity index (χ1n) is 9.60. The van der Waals surface area contributed by atoms with E-state index in [4.69, 9.17) is 11.2 Å². The van der Waals surface area contributed by atoms with E-state index in [9.17, 15) is 14.9 Å². The van der Waals surface area contributed by atoms with Crippen molar-refractivity contribution in [2.45, 2.75) is 64.1 Å². The predicted octanol–water partition coefficient (Wildman–Crippen LogP) is 1.74. The first kappa shape index (κ1) is 21.1. The second kappa shape index (κ2) is 9.10. The van der Waals surface area contributed by atoms with Gasteiger partial charge in [-0.15, -0.1) is 6.42 Å². The van der Waals surface area contributed by atoms with Crippen LogP contribution < -0.4 is 5.32 Å². The number of likely N-dealkylation sites (tertiary alicyclic amines) is 2. The zero-order valence-electron chi connectivity index (χ0n) is 16.5. The van der Waals surface area contributed by atoms with Crippen LogP contribution in [-0.2, 0) is 9.53 Å². The van der Waals surface area contributed by atoms with Crippen LogP contribution in [0.4, 0.5) is 4.79 Å². The van der Waals surface area contributed by atoms with E-state index in [1.807, 2.05) is 20.8 Å². The molecule has 2 saturated heterocycles. The van der Waals surface area contributed by atoms with Crippen LogP contribution in [0.25, 0.3) is 0 Å². The molecule has 2 heterocycles. The maximum Gasteiger partial charge on any atom is 0.410 e. The largest absolute Gasteiger partial charge is 0.444 e. The summed E-state index contributed by atoms with van der Waals surface area (Å²) in [5, 5.41) is 12.4. The number of rotatable bonds is 4. The number of nitrogens with one attached hydrogen (secondary N) is 1. The van der Waals surface area contributed by atoms with Gasteiger partial charge in [-0.2, -0.15) is 5.26 Å². The van der Waals surface area contributed by atoms with Crippen molar-refractivity contribution in [3.63, 3.8) is 0 Å². The number of piperidine rings is 1. The third-order valence-corrected chi connectivity index (χ3v) is 4.99. The summed E-state index contributed by atoms with van der Waals surface area (Å²) >= 11 is 0. The minimum atomic E-state index is -0.483. The van der Waals surface area contributed by atoms with Crippen molar-refractivity contribution in [1.82, 2.24) is 15.1 Å². The molecule has 0 saturated carbocycles. The Morgan fingerprint density at radius 2 is 1.81 bits per heavy atom. The summed E-state index contributed by atoms with van der Waals surface area (Å²) in [6.07, 6.45) is 8.29. The number of hydrogen-bond donors (Lipinski definition) is 1. The monoisotopic (exact) mass is 374 g/mol. The van der Waals surface area contributed by atoms with Gasteiger partial charge in [-0.1, -0.05) is 5.92 Å². The fourth-order valence-corrected chi connectivity index (χ4v) is 3.57. The molecular weight excluding hydrogens is 344 g/mol. The lowest BCUT2D eigenvalue weighted by Gasteiger charge is -2.33. The number of carbonyl (C=O) groups is 2. The molecule has 0 aromatic rings. The summed E-state index contributed by atoms with van der Waals surface area (Å²) in [7, 11) is 0. The van der Waals surface area contributed by atoms with Crippen molar-refractivity contribution in [3.05, 3.63) is 0 Å². The van der Waals surface area contributed by atoms with Crippen LogP contribution in [0.1, 0.15) is 46.5 Å². The molecule has 148 valence electrons. The van der Waals surface area contributed by atoms with Crippen molar-refractivity contribution in [2.24, 2.45) is 5.92 Å². The second-order valence-electron chi connectivity index (χ2n) is 8.25. The molecular formula is C20H30N4O3. The minimum absolute atomic E-state index is 0.117. The molecule has 2 aliphatic heterocycles. The van der Waals surface area contributed by atoms with Gasteiger partial charge in [-0.3, -0.25) is 4.79 Å². The van der Waals surface area contributed by atoms with Crippen molar-refractivity contribution in [3.8, 4) is 18.4 Å². The molecule has 2 aliphatic rings. The van der Waals surface area contributed by atoms with E-state index in [0.717, 1.165) is 12.8 Å². The van der Waals surface area contributed by atoms with Gasteiger partial charge in [0.15, 0.2) is 0 Å². The predicted molar refractivity (Wildman–Crippen MR) is 102 cm³/mol. The van der Waals surface area contributed by atoms with Crippen LogP contribution in [0, 0.1) is 29.6 Å². The van der Waals surface area contributed by atoms with E-state index in [1.54, 1.807) is 4.90 Å². The number of hydrogen-bond acceptors (Lipinski definition) is 5. The Balaban J connectivity index is 1.71. The molecule has 0 aliphatic carbocycles. The number of nitriles is 1. The van der Waals surface area contributed by atoms with E-state index in [0.29, 0.717) is 38.4 Å². The molecule has 2 amide bonds. The second-order valence-corrected chi connectivity index (χ2v) is 8.25. The van der Waals surface area contributed by atoms with E-state index in [-0.39, 0.29) is 24.6 Å². The molecule has 1 N–H and O–H groups in total. The molecule has 0 radical (unpaired) electrons. The SMILES string of the molecule is C#C[C@H]1CC[C@@H](C#N)N1C(=O)CNCC1CCN(C(=O)OC(C)(C)C)CC1. The highest BCUT2D eigenvalue weighted by molar-refractivity contribution is 5.80. The van der Waals surface area contributed by atoms with Crippen molar-refractivity contribution in [2.75, 3.05) is 26.2 Å². The molecule has 7 heteroatoms. The fraction of sp³-hybridized carbons (Fsp3) is 0.750. The number of carbonyl (C=O) groups excluding carboxylic acids is 2. The lowest BCUT2D eigenvalue weighted by Crippen LogP contribution is -2.46. The van der Waals surface area contributed by atoms with Gasteiger partial charge in [0, 0.05) is 13.1 Å². The molecule has 0 unspecified atom stereocenters. The Morgan fingerprint density at radius 1 is 1.19 bits per heavy atom. The Labute approximate surface area is 162 Å². The third kappa shape index (κ3) is 5.87. The van der Waals surface area contributed by atoms with Gasteiger partial charge < -0.3 is 19.9 Å². The number of nitrogens with zero attached hydrogens (tertiary/aromatic N) is 3. The van der Waals surface area contributed by atoms with E-state index in [2.05, 4.69) is 17.3 Å². The first-order valence-corrected chi connectivity index (χ1v) is 9.60. The summed E-state index contributed by atoms with van der Waals surface area (Å²) in [6.45, 7) is 7.80. The van der Waals surface area contributed by atoms with Gasteiger partial charge in [0.05, 0.1) is 18.7 Å². The van der Waals surface area contributed by atoms with Gasteiger partial charge in [0.1, 0.15) is 11.6 Å². The van der Waals surface area contributed by atoms with Gasteiger partial charge in [-0.25, -0.2) is 4.79 Å². The van der Waals surface area contributed by atoms with Crippen LogP contribution in [0.15, 0.2) is 0 Å². The number of amides is 2. The summed E-state index contributed by atoms with van der Waals surface area (Å²) in [5.74, 6) is 2.90. The molecule has 7 nitrogen and oxygen atoms in total. The van der Waals surface area contributed by atoms with E-state index >= 15 is 0 Å². The Hall–Kier alpha value is -2.25. The normalized spacial score (nSPS) is 23.6. The van der Waals surface area contributed by atoms with Crippen LogP contribution in [-0.4, -0.2) is 65.7 Å². The average Bonchev–Trinajstić information content (AvgIpc) is 3.04. The molecule has 0 bridgehead atoms. The zero-order chi connectivity index (χ0) is 20.0. The first-order chi connectivity index (χ1) is 12.7. The number of terminal acetylenes is 1. The maximum absolute atomic E-state index is 12.4. The number of ether oxygens (including phenoxy) is 1. The highest BCUT2D eigenvalue weighted by atomic mass is 16.6. The lowest BCUT2D eigenvalue weighted by atomic mass is 9.97. The summed E-state index contributed by atoms with van der Waals surface area (Å²) in [4.78, 5) is 27.8. The molecule has 2 fully saturated rings. The Kier molecular flexibility index (Phi) is 7.10. The highest BCUT2D eigenvalue weighted by Gasteiger charge is 2.35. The quantitative estimate of drug-likeness (QED) is 0.758. The van der Waals surface area contributed by atoms with Crippen LogP contribution in [0.5, 0.6) is 0 Å². The molecule has 0 aromatic carbocycles. The summed E-state index contributed by atoms with van der Waals surface area (Å²) in [6, 6.07) is 1.47. The van der Waals surface area contributed by atoms with Gasteiger partial charge in [-0.05, 0) is 58.9 Å². The standard InChI is InChI=1S/C20H30N4O3/c1-5-16-6-7-17(12-21)24(16)18(25)14-22-13-15-8-10-23(11-9-15)19(26)27-20(2,3)4/h1,15-17,22H,6-11,13-14H2,2-4H3/t16-,17-/m0/s1. The van der Waals surface area contributed by atoms with Crippen molar-refractivity contribution < 1.29 is 14.3 Å². The zero-order valence-corrected chi connectivity index (χ0v) is 16.5. The molecule has 0 aromatic heterocycles. The summed E-state index contributed by atoms with van der Waals surface area (Å²) in [5.41, 5.74) is -0.483. The van der Waals surface area contributed by atoms with E-state index in [1.165, 1.54) is 4.90 Å². The van der Waals surface area contributed by atoms with Gasteiger partial charge in [0.25, 0.3) is 0 Å². The molecule has 0 spiro atoms. The van der Waals surface area contributed by atoms with Crippen LogP contribution in [0.2, 0.25) is 0 Å². The Morgan fingerprint density at radius 3 is 2.37 bits per heavy atom. The fourth-order valence-electron chi connectivity index (χ4n) is 3.57. The Bertz CT molecular complexity index is 599. The third-order valence-electron chi connectivity index (χ3n) is 4.99. The molecule has 27 heavy (non-hydrogen) atoms. The van der Waals surface area contributed by atoms with Gasteiger partial charge >= 0.3 is 6.09 Å². The van der Waals surface area contributed by atoms with Crippen molar-refractivity contribution >= 4 is 12.0 Å². The smallest absolute Gasteiger partial charge is 0.410 e. The molecule has 2 rings (SSSR count). The van der Waals surface area contributed by atoms with Crippen LogP contribution in [0.3, 0.4) is 0 Å². The van der Waals surface area contributed by atoms with Crippen molar-refractivity contribution in [1.29, 1.82) is 5.26 Å². The average molecular weight is 374 g/mol. The van der Waals surface area contributed by atoms with Gasteiger partial charge in [0.2, 0.25) is 5.91 Å². The van der Waals surface area contributed by atoms with E-state index < -0.39 is 11.6 Å². The highest BCUT2D eigenvalue weighted by Crippen LogP contribution is 2.23. The van der Waals surface area contributed by atoms with Crippen LogP contribution >= 0.6 is 0 Å². The lowest BCUT2D eigenvalue weighted by molar-refractivity contribution is -0.131. The molecule has 2 atom stereocenters. The maximum atomic E-state index is 12.4. The topological polar surface area (TPSA) is 85.7 Å². The minimum Gasteiger partial charge on any atom is -0.444 e.